The summed E-state index contributed by atoms with van der Waals surface area (Å²) in [7, 11) is 0. The van der Waals surface area contributed by atoms with Crippen LogP contribution >= 0.6 is 0 Å². The average Bonchev–Trinajstić information content (AvgIpc) is 3.25. The number of piperazine rings is 1. The first kappa shape index (κ1) is 19.2. The topological polar surface area (TPSA) is 60.8 Å². The van der Waals surface area contributed by atoms with Crippen molar-refractivity contribution in [3.63, 3.8) is 0 Å². The molecule has 1 saturated heterocycles. The van der Waals surface area contributed by atoms with Crippen LogP contribution in [0.15, 0.2) is 77.4 Å². The maximum atomic E-state index is 12.1. The van der Waals surface area contributed by atoms with Crippen molar-refractivity contribution in [1.29, 1.82) is 0 Å². The molecule has 2 heterocycles. The molecule has 4 rings (SSSR count). The van der Waals surface area contributed by atoms with Crippen LogP contribution in [0.3, 0.4) is 0 Å². The van der Waals surface area contributed by atoms with Crippen LogP contribution in [0.5, 0.6) is 0 Å². The molecule has 2 amide bonds. The Kier molecular flexibility index (Phi) is 6.24. The highest BCUT2D eigenvalue weighted by Gasteiger charge is 2.17. The molecule has 0 atom stereocenters. The molecule has 3 aromatic rings. The van der Waals surface area contributed by atoms with Crippen molar-refractivity contribution in [3.05, 3.63) is 84.3 Å². The summed E-state index contributed by atoms with van der Waals surface area (Å²) in [6.07, 6.45) is 1.73. The molecule has 150 valence electrons. The Hall–Kier alpha value is -3.09. The first-order chi connectivity index (χ1) is 14.2. The first-order valence-corrected chi connectivity index (χ1v) is 9.94. The Balaban J connectivity index is 1.22. The fourth-order valence-corrected chi connectivity index (χ4v) is 3.50. The number of hydrogen-bond donors (Lipinski definition) is 2. The number of para-hydroxylation sites is 1. The maximum absolute atomic E-state index is 12.1. The number of rotatable bonds is 6. The van der Waals surface area contributed by atoms with E-state index in [-0.39, 0.29) is 6.03 Å². The van der Waals surface area contributed by atoms with E-state index in [0.29, 0.717) is 0 Å². The third-order valence-corrected chi connectivity index (χ3v) is 5.07. The highest BCUT2D eigenvalue weighted by atomic mass is 16.3. The Labute approximate surface area is 171 Å². The molecule has 0 spiro atoms. The number of anilines is 2. The summed E-state index contributed by atoms with van der Waals surface area (Å²) in [5.41, 5.74) is 2.80. The van der Waals surface area contributed by atoms with Crippen LogP contribution in [-0.4, -0.2) is 42.0 Å². The molecule has 1 fully saturated rings. The van der Waals surface area contributed by atoms with Crippen LogP contribution in [0.1, 0.15) is 11.3 Å². The second kappa shape index (κ2) is 9.41. The van der Waals surface area contributed by atoms with Crippen LogP contribution in [0, 0.1) is 0 Å². The van der Waals surface area contributed by atoms with Gasteiger partial charge in [-0.1, -0.05) is 30.3 Å². The quantitative estimate of drug-likeness (QED) is 0.661. The Morgan fingerprint density at radius 2 is 1.38 bits per heavy atom. The molecule has 2 aromatic carbocycles. The smallest absolute Gasteiger partial charge is 0.323 e. The number of furan rings is 1. The number of hydrogen-bond acceptors (Lipinski definition) is 4. The van der Waals surface area contributed by atoms with Gasteiger partial charge in [0, 0.05) is 44.1 Å². The van der Waals surface area contributed by atoms with Gasteiger partial charge in [0.25, 0.3) is 0 Å². The molecular formula is C23H26N4O2. The van der Waals surface area contributed by atoms with Crippen LogP contribution in [0.25, 0.3) is 0 Å². The van der Waals surface area contributed by atoms with E-state index in [2.05, 4.69) is 32.6 Å². The largest absolute Gasteiger partial charge is 0.468 e. The predicted octanol–water partition coefficient (Wildman–Crippen LogP) is 4.24. The van der Waals surface area contributed by atoms with Gasteiger partial charge in [0.05, 0.1) is 12.8 Å². The minimum Gasteiger partial charge on any atom is -0.468 e. The molecule has 0 radical (unpaired) electrons. The molecule has 6 nitrogen and oxygen atoms in total. The van der Waals surface area contributed by atoms with Crippen molar-refractivity contribution in [3.8, 4) is 0 Å². The lowest BCUT2D eigenvalue weighted by atomic mass is 10.1. The molecule has 0 bridgehead atoms. The van der Waals surface area contributed by atoms with Crippen LogP contribution < -0.4 is 10.6 Å². The van der Waals surface area contributed by atoms with E-state index < -0.39 is 0 Å². The average molecular weight is 390 g/mol. The third-order valence-electron chi connectivity index (χ3n) is 5.07. The van der Waals surface area contributed by atoms with E-state index in [0.717, 1.165) is 56.4 Å². The van der Waals surface area contributed by atoms with Gasteiger partial charge in [0.1, 0.15) is 5.76 Å². The number of carbonyl (C=O) groups excluding carboxylic acids is 1. The summed E-state index contributed by atoms with van der Waals surface area (Å²) in [5, 5.41) is 5.69. The van der Waals surface area contributed by atoms with Crippen molar-refractivity contribution < 1.29 is 9.21 Å². The van der Waals surface area contributed by atoms with Crippen molar-refractivity contribution in [2.24, 2.45) is 0 Å². The summed E-state index contributed by atoms with van der Waals surface area (Å²) in [4.78, 5) is 17.0. The van der Waals surface area contributed by atoms with Crippen molar-refractivity contribution in [2.45, 2.75) is 13.1 Å². The summed E-state index contributed by atoms with van der Waals surface area (Å²) in [5.74, 6) is 1.03. The van der Waals surface area contributed by atoms with E-state index >= 15 is 0 Å². The van der Waals surface area contributed by atoms with E-state index in [9.17, 15) is 4.79 Å². The molecule has 1 aliphatic heterocycles. The highest BCUT2D eigenvalue weighted by molar-refractivity contribution is 5.99. The number of amides is 2. The van der Waals surface area contributed by atoms with Gasteiger partial charge in [-0.3, -0.25) is 9.80 Å². The monoisotopic (exact) mass is 390 g/mol. The number of nitrogens with one attached hydrogen (secondary N) is 2. The molecule has 0 saturated carbocycles. The number of benzene rings is 2. The second-order valence-electron chi connectivity index (χ2n) is 7.27. The molecule has 0 unspecified atom stereocenters. The van der Waals surface area contributed by atoms with Gasteiger partial charge in [0.15, 0.2) is 0 Å². The molecule has 6 heteroatoms. The minimum absolute atomic E-state index is 0.239. The summed E-state index contributed by atoms with van der Waals surface area (Å²) in [6, 6.07) is 21.2. The van der Waals surface area contributed by atoms with E-state index in [1.165, 1.54) is 5.56 Å². The summed E-state index contributed by atoms with van der Waals surface area (Å²) >= 11 is 0. The van der Waals surface area contributed by atoms with Gasteiger partial charge in [0.2, 0.25) is 0 Å². The summed E-state index contributed by atoms with van der Waals surface area (Å²) in [6.45, 7) is 5.97. The molecule has 1 aliphatic rings. The lowest BCUT2D eigenvalue weighted by molar-refractivity contribution is 0.116. The standard InChI is InChI=1S/C23H26N4O2/c28-23(24-20-5-2-1-3-6-20)25-21-10-8-19(9-11-21)17-26-12-14-27(15-13-26)18-22-7-4-16-29-22/h1-11,16H,12-15,17-18H2,(H2,24,25,28). The van der Waals surface area contributed by atoms with Crippen LogP contribution in [0.4, 0.5) is 16.2 Å². The van der Waals surface area contributed by atoms with E-state index in [4.69, 9.17) is 4.42 Å². The lowest BCUT2D eigenvalue weighted by Crippen LogP contribution is -2.45. The van der Waals surface area contributed by atoms with Gasteiger partial charge in [-0.25, -0.2) is 4.79 Å². The Bertz CT molecular complexity index is 886. The fourth-order valence-electron chi connectivity index (χ4n) is 3.50. The van der Waals surface area contributed by atoms with E-state index in [1.807, 2.05) is 54.6 Å². The Morgan fingerprint density at radius 3 is 2.00 bits per heavy atom. The molecule has 2 N–H and O–H groups in total. The van der Waals surface area contributed by atoms with Gasteiger partial charge in [-0.15, -0.1) is 0 Å². The third kappa shape index (κ3) is 5.70. The normalized spacial score (nSPS) is 15.2. The number of urea groups is 1. The summed E-state index contributed by atoms with van der Waals surface area (Å²) < 4.78 is 5.44. The minimum atomic E-state index is -0.239. The second-order valence-corrected chi connectivity index (χ2v) is 7.27. The van der Waals surface area contributed by atoms with Gasteiger partial charge < -0.3 is 15.1 Å². The number of nitrogens with zero attached hydrogens (tertiary/aromatic N) is 2. The molecule has 1 aromatic heterocycles. The van der Waals surface area contributed by atoms with Gasteiger partial charge in [-0.05, 0) is 42.0 Å². The molecular weight excluding hydrogens is 364 g/mol. The fraction of sp³-hybridized carbons (Fsp3) is 0.261. The van der Waals surface area contributed by atoms with E-state index in [1.54, 1.807) is 6.26 Å². The Morgan fingerprint density at radius 1 is 0.759 bits per heavy atom. The van der Waals surface area contributed by atoms with Crippen LogP contribution in [-0.2, 0) is 13.1 Å². The SMILES string of the molecule is O=C(Nc1ccccc1)Nc1ccc(CN2CCN(Cc3ccco3)CC2)cc1. The van der Waals surface area contributed by atoms with Crippen LogP contribution in [0.2, 0.25) is 0 Å². The van der Waals surface area contributed by atoms with Crippen molar-refractivity contribution >= 4 is 17.4 Å². The zero-order chi connectivity index (χ0) is 19.9. The molecule has 0 aliphatic carbocycles. The first-order valence-electron chi connectivity index (χ1n) is 9.94. The molecule has 29 heavy (non-hydrogen) atoms. The highest BCUT2D eigenvalue weighted by Crippen LogP contribution is 2.15. The van der Waals surface area contributed by atoms with Crippen molar-refractivity contribution in [2.75, 3.05) is 36.8 Å². The maximum Gasteiger partial charge on any atom is 0.323 e. The van der Waals surface area contributed by atoms with Gasteiger partial charge in [-0.2, -0.15) is 0 Å². The zero-order valence-electron chi connectivity index (χ0n) is 16.4. The lowest BCUT2D eigenvalue weighted by Gasteiger charge is -2.34. The van der Waals surface area contributed by atoms with Gasteiger partial charge >= 0.3 is 6.03 Å². The zero-order valence-corrected chi connectivity index (χ0v) is 16.4. The number of carbonyl (C=O) groups is 1. The van der Waals surface area contributed by atoms with Crippen molar-refractivity contribution in [1.82, 2.24) is 9.80 Å². The predicted molar refractivity (Wildman–Crippen MR) is 115 cm³/mol.